The number of carbonyl (C=O) groups is 1. The van der Waals surface area contributed by atoms with Gasteiger partial charge in [0.1, 0.15) is 0 Å². The van der Waals surface area contributed by atoms with Crippen LogP contribution in [0.1, 0.15) is 31.2 Å². The second kappa shape index (κ2) is 7.29. The average Bonchev–Trinajstić information content (AvgIpc) is 3.24. The van der Waals surface area contributed by atoms with Crippen LogP contribution in [0.15, 0.2) is 30.3 Å². The lowest BCUT2D eigenvalue weighted by atomic mass is 10.0. The van der Waals surface area contributed by atoms with Crippen LogP contribution in [0.5, 0.6) is 0 Å². The molecule has 1 saturated carbocycles. The summed E-state index contributed by atoms with van der Waals surface area (Å²) < 4.78 is 0. The van der Waals surface area contributed by atoms with Gasteiger partial charge in [-0.25, -0.2) is 0 Å². The van der Waals surface area contributed by atoms with E-state index in [9.17, 15) is 4.79 Å². The third kappa shape index (κ3) is 5.03. The van der Waals surface area contributed by atoms with E-state index in [-0.39, 0.29) is 5.91 Å². The van der Waals surface area contributed by atoms with Crippen molar-refractivity contribution in [1.29, 1.82) is 0 Å². The molecule has 0 bridgehead atoms. The fourth-order valence-electron chi connectivity index (χ4n) is 2.41. The second-order valence-corrected chi connectivity index (χ2v) is 5.41. The van der Waals surface area contributed by atoms with Gasteiger partial charge in [-0.15, -0.1) is 0 Å². The third-order valence-electron chi connectivity index (χ3n) is 3.67. The van der Waals surface area contributed by atoms with Crippen molar-refractivity contribution >= 4 is 5.91 Å². The number of amides is 1. The first-order chi connectivity index (χ1) is 9.29. The molecule has 2 rings (SSSR count). The molecule has 2 N–H and O–H groups in total. The van der Waals surface area contributed by atoms with E-state index in [4.69, 9.17) is 0 Å². The number of nitrogens with one attached hydrogen (secondary N) is 2. The lowest BCUT2D eigenvalue weighted by molar-refractivity contribution is -0.122. The third-order valence-corrected chi connectivity index (χ3v) is 3.67. The Morgan fingerprint density at radius 3 is 2.68 bits per heavy atom. The normalized spacial score (nSPS) is 16.1. The van der Waals surface area contributed by atoms with Crippen molar-refractivity contribution < 1.29 is 4.79 Å². The first-order valence-corrected chi connectivity index (χ1v) is 7.27. The summed E-state index contributed by atoms with van der Waals surface area (Å²) in [6.07, 6.45) is 5.01. The zero-order valence-electron chi connectivity index (χ0n) is 11.7. The van der Waals surface area contributed by atoms with Gasteiger partial charge in [-0.2, -0.15) is 0 Å². The van der Waals surface area contributed by atoms with Crippen LogP contribution in [-0.2, 0) is 11.2 Å². The molecule has 1 aromatic rings. The summed E-state index contributed by atoms with van der Waals surface area (Å²) in [5.41, 5.74) is 1.31. The zero-order chi connectivity index (χ0) is 13.5. The van der Waals surface area contributed by atoms with Gasteiger partial charge >= 0.3 is 0 Å². The molecule has 104 valence electrons. The fourth-order valence-corrected chi connectivity index (χ4v) is 2.41. The first-order valence-electron chi connectivity index (χ1n) is 7.27. The number of rotatable bonds is 8. The van der Waals surface area contributed by atoms with Crippen molar-refractivity contribution in [2.45, 2.75) is 38.1 Å². The van der Waals surface area contributed by atoms with Crippen LogP contribution in [0.3, 0.4) is 0 Å². The molecule has 3 nitrogen and oxygen atoms in total. The lowest BCUT2D eigenvalue weighted by Gasteiger charge is -2.18. The number of hydrogen-bond acceptors (Lipinski definition) is 2. The highest BCUT2D eigenvalue weighted by atomic mass is 16.1. The van der Waals surface area contributed by atoms with Crippen LogP contribution in [0.25, 0.3) is 0 Å². The van der Waals surface area contributed by atoms with Crippen LogP contribution < -0.4 is 10.6 Å². The van der Waals surface area contributed by atoms with Gasteiger partial charge in [0.05, 0.1) is 0 Å². The minimum atomic E-state index is 0.197. The maximum absolute atomic E-state index is 11.9. The van der Waals surface area contributed by atoms with Crippen molar-refractivity contribution in [1.82, 2.24) is 10.6 Å². The second-order valence-electron chi connectivity index (χ2n) is 5.41. The average molecular weight is 260 g/mol. The highest BCUT2D eigenvalue weighted by molar-refractivity contribution is 5.76. The molecule has 0 radical (unpaired) electrons. The molecular formula is C16H24N2O. The van der Waals surface area contributed by atoms with Crippen molar-refractivity contribution in [3.63, 3.8) is 0 Å². The van der Waals surface area contributed by atoms with E-state index in [2.05, 4.69) is 34.9 Å². The summed E-state index contributed by atoms with van der Waals surface area (Å²) in [7, 11) is 1.92. The Labute approximate surface area is 115 Å². The number of benzene rings is 1. The summed E-state index contributed by atoms with van der Waals surface area (Å²) in [4.78, 5) is 11.9. The van der Waals surface area contributed by atoms with E-state index in [1.807, 2.05) is 13.1 Å². The summed E-state index contributed by atoms with van der Waals surface area (Å²) >= 11 is 0. The lowest BCUT2D eigenvalue weighted by Crippen LogP contribution is -2.38. The Hall–Kier alpha value is -1.35. The number of hydrogen-bond donors (Lipinski definition) is 2. The predicted molar refractivity (Wildman–Crippen MR) is 78.0 cm³/mol. The minimum absolute atomic E-state index is 0.197. The van der Waals surface area contributed by atoms with Crippen LogP contribution in [0.4, 0.5) is 0 Å². The largest absolute Gasteiger partial charge is 0.353 e. The van der Waals surface area contributed by atoms with Gasteiger partial charge < -0.3 is 10.6 Å². The predicted octanol–water partition coefficient (Wildman–Crippen LogP) is 2.12. The van der Waals surface area contributed by atoms with Crippen LogP contribution in [0.2, 0.25) is 0 Å². The van der Waals surface area contributed by atoms with Crippen molar-refractivity contribution in [3.8, 4) is 0 Å². The van der Waals surface area contributed by atoms with Gasteiger partial charge in [-0.3, -0.25) is 4.79 Å². The molecule has 3 heteroatoms. The molecule has 1 fully saturated rings. The standard InChI is InChI=1S/C16H24N2O/c1-17-11-5-8-16(19)18-15(14-9-10-14)12-13-6-3-2-4-7-13/h2-4,6-7,14-15,17H,5,8-12H2,1H3,(H,18,19). The molecule has 0 aromatic heterocycles. The quantitative estimate of drug-likeness (QED) is 0.703. The summed E-state index contributed by atoms with van der Waals surface area (Å²) in [5.74, 6) is 0.886. The maximum Gasteiger partial charge on any atom is 0.220 e. The maximum atomic E-state index is 11.9. The smallest absolute Gasteiger partial charge is 0.220 e. The van der Waals surface area contributed by atoms with Crippen molar-refractivity contribution in [2.24, 2.45) is 5.92 Å². The summed E-state index contributed by atoms with van der Waals surface area (Å²) in [6, 6.07) is 10.8. The minimum Gasteiger partial charge on any atom is -0.353 e. The molecule has 1 unspecified atom stereocenters. The molecule has 19 heavy (non-hydrogen) atoms. The zero-order valence-corrected chi connectivity index (χ0v) is 11.7. The SMILES string of the molecule is CNCCCC(=O)NC(Cc1ccccc1)C1CC1. The summed E-state index contributed by atoms with van der Waals surface area (Å²) in [6.45, 7) is 0.903. The molecule has 0 spiro atoms. The van der Waals surface area contributed by atoms with Gasteiger partial charge in [0.2, 0.25) is 5.91 Å². The van der Waals surface area contributed by atoms with Gasteiger partial charge in [0, 0.05) is 12.5 Å². The first kappa shape index (κ1) is 14.1. The highest BCUT2D eigenvalue weighted by Gasteiger charge is 2.32. The van der Waals surface area contributed by atoms with Gasteiger partial charge in [0.25, 0.3) is 0 Å². The van der Waals surface area contributed by atoms with E-state index in [0.717, 1.165) is 19.4 Å². The van der Waals surface area contributed by atoms with Crippen molar-refractivity contribution in [3.05, 3.63) is 35.9 Å². The van der Waals surface area contributed by atoms with E-state index < -0.39 is 0 Å². The van der Waals surface area contributed by atoms with Gasteiger partial charge in [-0.05, 0) is 50.8 Å². The molecular weight excluding hydrogens is 236 g/mol. The van der Waals surface area contributed by atoms with E-state index in [0.29, 0.717) is 18.4 Å². The monoisotopic (exact) mass is 260 g/mol. The van der Waals surface area contributed by atoms with E-state index >= 15 is 0 Å². The molecule has 0 heterocycles. The summed E-state index contributed by atoms with van der Waals surface area (Å²) in [5, 5.41) is 6.29. The van der Waals surface area contributed by atoms with Gasteiger partial charge in [-0.1, -0.05) is 30.3 Å². The van der Waals surface area contributed by atoms with Crippen LogP contribution >= 0.6 is 0 Å². The molecule has 0 aliphatic heterocycles. The number of carbonyl (C=O) groups excluding carboxylic acids is 1. The van der Waals surface area contributed by atoms with Crippen molar-refractivity contribution in [2.75, 3.05) is 13.6 Å². The fraction of sp³-hybridized carbons (Fsp3) is 0.562. The molecule has 1 atom stereocenters. The molecule has 0 saturated heterocycles. The van der Waals surface area contributed by atoms with E-state index in [1.54, 1.807) is 0 Å². The van der Waals surface area contributed by atoms with Crippen LogP contribution in [0, 0.1) is 5.92 Å². The molecule has 1 aliphatic carbocycles. The molecule has 1 amide bonds. The van der Waals surface area contributed by atoms with Gasteiger partial charge in [0.15, 0.2) is 0 Å². The topological polar surface area (TPSA) is 41.1 Å². The van der Waals surface area contributed by atoms with E-state index in [1.165, 1.54) is 18.4 Å². The Balaban J connectivity index is 1.81. The Morgan fingerprint density at radius 2 is 2.05 bits per heavy atom. The molecule has 1 aliphatic rings. The Morgan fingerprint density at radius 1 is 1.32 bits per heavy atom. The van der Waals surface area contributed by atoms with Crippen LogP contribution in [-0.4, -0.2) is 25.5 Å². The Kier molecular flexibility index (Phi) is 5.40. The highest BCUT2D eigenvalue weighted by Crippen LogP contribution is 2.34. The Bertz CT molecular complexity index is 387. The molecule has 1 aromatic carbocycles.